The second-order valence-corrected chi connectivity index (χ2v) is 6.32. The van der Waals surface area contributed by atoms with Gasteiger partial charge in [-0.15, -0.1) is 0 Å². The number of benzene rings is 3. The van der Waals surface area contributed by atoms with Crippen molar-refractivity contribution in [1.29, 1.82) is 0 Å². The normalized spacial score (nSPS) is 17.2. The molecular weight excluding hydrogens is 310 g/mol. The molecule has 1 heterocycles. The Morgan fingerprint density at radius 2 is 1.80 bits per heavy atom. The summed E-state index contributed by atoms with van der Waals surface area (Å²) in [5.41, 5.74) is 2.76. The van der Waals surface area contributed by atoms with Crippen molar-refractivity contribution in [1.82, 2.24) is 0 Å². The first-order chi connectivity index (χ1) is 12.2. The summed E-state index contributed by atoms with van der Waals surface area (Å²) in [6, 6.07) is 22.0. The van der Waals surface area contributed by atoms with E-state index in [1.165, 1.54) is 10.8 Å². The topological polar surface area (TPSA) is 38.7 Å². The molecule has 0 fully saturated rings. The van der Waals surface area contributed by atoms with Gasteiger partial charge in [-0.05, 0) is 29.8 Å². The Balaban J connectivity index is 1.57. The average Bonchev–Trinajstić information content (AvgIpc) is 2.66. The summed E-state index contributed by atoms with van der Waals surface area (Å²) in [6.45, 7) is 2.50. The molecule has 0 N–H and O–H groups in total. The lowest BCUT2D eigenvalue weighted by Gasteiger charge is -2.24. The molecule has 0 bridgehead atoms. The standard InChI is InChI=1S/C22H19NO2/c1-15(18-11-6-8-16-7-2-3-9-19(16)18)23-14-17-13-21(24)20-10-4-5-12-22(20)25-17/h2-12,17H,13-14H2,1H3/b23-15+/t17-/m1/s1. The third-order valence-electron chi connectivity index (χ3n) is 4.61. The molecule has 124 valence electrons. The van der Waals surface area contributed by atoms with E-state index in [0.717, 1.165) is 11.3 Å². The van der Waals surface area contributed by atoms with Crippen LogP contribution >= 0.6 is 0 Å². The minimum atomic E-state index is -0.202. The van der Waals surface area contributed by atoms with Crippen molar-refractivity contribution in [2.75, 3.05) is 6.54 Å². The number of para-hydroxylation sites is 1. The maximum Gasteiger partial charge on any atom is 0.170 e. The first-order valence-electron chi connectivity index (χ1n) is 8.50. The molecule has 1 aliphatic heterocycles. The van der Waals surface area contributed by atoms with Gasteiger partial charge in [0, 0.05) is 17.7 Å². The van der Waals surface area contributed by atoms with Crippen LogP contribution in [-0.4, -0.2) is 24.1 Å². The van der Waals surface area contributed by atoms with Gasteiger partial charge in [0.25, 0.3) is 0 Å². The average molecular weight is 329 g/mol. The van der Waals surface area contributed by atoms with Gasteiger partial charge in [0.05, 0.1) is 12.1 Å². The predicted molar refractivity (Wildman–Crippen MR) is 101 cm³/mol. The summed E-state index contributed by atoms with van der Waals surface area (Å²) >= 11 is 0. The van der Waals surface area contributed by atoms with Crippen molar-refractivity contribution in [2.45, 2.75) is 19.4 Å². The molecule has 25 heavy (non-hydrogen) atoms. The number of nitrogens with zero attached hydrogens (tertiary/aromatic N) is 1. The fraction of sp³-hybridized carbons (Fsp3) is 0.182. The number of Topliss-reactive ketones (excluding diaryl/α,β-unsaturated/α-hetero) is 1. The second-order valence-electron chi connectivity index (χ2n) is 6.32. The smallest absolute Gasteiger partial charge is 0.170 e. The third-order valence-corrected chi connectivity index (χ3v) is 4.61. The molecule has 0 spiro atoms. The number of carbonyl (C=O) groups is 1. The highest BCUT2D eigenvalue weighted by atomic mass is 16.5. The Morgan fingerprint density at radius 1 is 1.04 bits per heavy atom. The molecule has 3 heteroatoms. The van der Waals surface area contributed by atoms with Gasteiger partial charge in [0.1, 0.15) is 11.9 Å². The quantitative estimate of drug-likeness (QED) is 0.654. The fourth-order valence-corrected chi connectivity index (χ4v) is 3.30. The van der Waals surface area contributed by atoms with Crippen molar-refractivity contribution in [2.24, 2.45) is 4.99 Å². The van der Waals surface area contributed by atoms with Gasteiger partial charge in [0.15, 0.2) is 5.78 Å². The Hall–Kier alpha value is -2.94. The van der Waals surface area contributed by atoms with Gasteiger partial charge >= 0.3 is 0 Å². The molecule has 3 nitrogen and oxygen atoms in total. The summed E-state index contributed by atoms with van der Waals surface area (Å²) in [5.74, 6) is 0.798. The van der Waals surface area contributed by atoms with Crippen molar-refractivity contribution in [3.63, 3.8) is 0 Å². The largest absolute Gasteiger partial charge is 0.487 e. The summed E-state index contributed by atoms with van der Waals surface area (Å²) in [6.07, 6.45) is 0.177. The molecule has 0 amide bonds. The van der Waals surface area contributed by atoms with Crippen molar-refractivity contribution >= 4 is 22.3 Å². The fourth-order valence-electron chi connectivity index (χ4n) is 3.30. The van der Waals surface area contributed by atoms with Crippen molar-refractivity contribution < 1.29 is 9.53 Å². The van der Waals surface area contributed by atoms with E-state index in [-0.39, 0.29) is 11.9 Å². The highest BCUT2D eigenvalue weighted by Crippen LogP contribution is 2.27. The molecule has 0 aromatic heterocycles. The molecule has 4 rings (SSSR count). The van der Waals surface area contributed by atoms with Gasteiger partial charge in [-0.2, -0.15) is 0 Å². The Kier molecular flexibility index (Phi) is 4.06. The molecule has 0 radical (unpaired) electrons. The van der Waals surface area contributed by atoms with E-state index in [9.17, 15) is 4.79 Å². The number of carbonyl (C=O) groups excluding carboxylic acids is 1. The van der Waals surface area contributed by atoms with E-state index in [1.54, 1.807) is 0 Å². The molecule has 0 unspecified atom stereocenters. The first kappa shape index (κ1) is 15.6. The minimum absolute atomic E-state index is 0.130. The van der Waals surface area contributed by atoms with Crippen LogP contribution in [0.4, 0.5) is 0 Å². The van der Waals surface area contributed by atoms with Gasteiger partial charge in [-0.25, -0.2) is 0 Å². The third kappa shape index (κ3) is 3.05. The lowest BCUT2D eigenvalue weighted by molar-refractivity contribution is 0.0860. The van der Waals surface area contributed by atoms with E-state index in [2.05, 4.69) is 24.3 Å². The summed E-state index contributed by atoms with van der Waals surface area (Å²) in [7, 11) is 0. The Bertz CT molecular complexity index is 969. The van der Waals surface area contributed by atoms with Crippen molar-refractivity contribution in [3.8, 4) is 5.75 Å². The van der Waals surface area contributed by atoms with Crippen molar-refractivity contribution in [3.05, 3.63) is 77.9 Å². The van der Waals surface area contributed by atoms with Gasteiger partial charge < -0.3 is 4.74 Å². The number of hydrogen-bond donors (Lipinski definition) is 0. The molecular formula is C22H19NO2. The lowest BCUT2D eigenvalue weighted by Crippen LogP contribution is -2.29. The van der Waals surface area contributed by atoms with Crippen LogP contribution in [0.25, 0.3) is 10.8 Å². The molecule has 0 aliphatic carbocycles. The van der Waals surface area contributed by atoms with Crippen LogP contribution in [0, 0.1) is 0 Å². The maximum absolute atomic E-state index is 12.3. The van der Waals surface area contributed by atoms with E-state index in [4.69, 9.17) is 9.73 Å². The number of hydrogen-bond acceptors (Lipinski definition) is 3. The number of fused-ring (bicyclic) bond motifs is 2. The summed E-state index contributed by atoms with van der Waals surface area (Å²) in [5, 5.41) is 2.39. The SMILES string of the molecule is C/C(=N\C[C@H]1CC(=O)c2ccccc2O1)c1cccc2ccccc12. The Morgan fingerprint density at radius 3 is 2.72 bits per heavy atom. The van der Waals surface area contributed by atoms with Gasteiger partial charge in [0.2, 0.25) is 0 Å². The van der Waals surface area contributed by atoms with Crippen LogP contribution in [0.3, 0.4) is 0 Å². The van der Waals surface area contributed by atoms with Crippen LogP contribution in [0.15, 0.2) is 71.7 Å². The molecule has 0 saturated carbocycles. The maximum atomic E-state index is 12.3. The predicted octanol–water partition coefficient (Wildman–Crippen LogP) is 4.68. The van der Waals surface area contributed by atoms with Gasteiger partial charge in [-0.3, -0.25) is 9.79 Å². The highest BCUT2D eigenvalue weighted by molar-refractivity contribution is 6.09. The highest BCUT2D eigenvalue weighted by Gasteiger charge is 2.25. The molecule has 3 aromatic rings. The van der Waals surface area contributed by atoms with Crippen LogP contribution in [0.5, 0.6) is 5.75 Å². The van der Waals surface area contributed by atoms with E-state index < -0.39 is 0 Å². The number of rotatable bonds is 3. The number of ketones is 1. The molecule has 3 aromatic carbocycles. The first-order valence-corrected chi connectivity index (χ1v) is 8.50. The minimum Gasteiger partial charge on any atom is -0.487 e. The summed E-state index contributed by atoms with van der Waals surface area (Å²) < 4.78 is 5.95. The lowest BCUT2D eigenvalue weighted by atomic mass is 10.00. The van der Waals surface area contributed by atoms with Gasteiger partial charge in [-0.1, -0.05) is 54.6 Å². The zero-order valence-corrected chi connectivity index (χ0v) is 14.1. The zero-order valence-electron chi connectivity index (χ0n) is 14.1. The summed E-state index contributed by atoms with van der Waals surface area (Å²) in [4.78, 5) is 17.0. The Labute approximate surface area is 147 Å². The van der Waals surface area contributed by atoms with E-state index >= 15 is 0 Å². The molecule has 1 aliphatic rings. The number of aliphatic imine (C=N–C) groups is 1. The van der Waals surface area contributed by atoms with Crippen LogP contribution in [0.2, 0.25) is 0 Å². The van der Waals surface area contributed by atoms with Crippen LogP contribution in [0.1, 0.15) is 29.3 Å². The van der Waals surface area contributed by atoms with Crippen LogP contribution in [-0.2, 0) is 0 Å². The van der Waals surface area contributed by atoms with Crippen LogP contribution < -0.4 is 4.74 Å². The molecule has 1 atom stereocenters. The second kappa shape index (κ2) is 6.52. The van der Waals surface area contributed by atoms with E-state index in [0.29, 0.717) is 24.3 Å². The monoisotopic (exact) mass is 329 g/mol. The zero-order chi connectivity index (χ0) is 17.2. The van der Waals surface area contributed by atoms with E-state index in [1.807, 2.05) is 49.4 Å². The number of ether oxygens (including phenoxy) is 1. The molecule has 0 saturated heterocycles.